The lowest BCUT2D eigenvalue weighted by Crippen LogP contribution is -2.72. The van der Waals surface area contributed by atoms with Crippen molar-refractivity contribution in [2.45, 2.75) is 66.3 Å². The van der Waals surface area contributed by atoms with Crippen molar-refractivity contribution in [1.82, 2.24) is 10.2 Å². The van der Waals surface area contributed by atoms with Gasteiger partial charge in [0.1, 0.15) is 0 Å². The number of nitrogens with one attached hydrogen (secondary N) is 1. The highest BCUT2D eigenvalue weighted by Crippen LogP contribution is 2.50. The van der Waals surface area contributed by atoms with E-state index in [1.165, 1.54) is 12.8 Å². The van der Waals surface area contributed by atoms with Crippen molar-refractivity contribution in [3.8, 4) is 0 Å². The normalized spacial score (nSPS) is 24.8. The quantitative estimate of drug-likeness (QED) is 0.445. The van der Waals surface area contributed by atoms with E-state index in [-0.39, 0.29) is 5.54 Å². The van der Waals surface area contributed by atoms with Gasteiger partial charge in [0.05, 0.1) is 0 Å². The molecule has 1 N–H and O–H groups in total. The van der Waals surface area contributed by atoms with E-state index in [1.807, 2.05) is 0 Å². The molecule has 0 amide bonds. The van der Waals surface area contributed by atoms with Gasteiger partial charge in [-0.2, -0.15) is 0 Å². The highest BCUT2D eigenvalue weighted by Gasteiger charge is 2.54. The average Bonchev–Trinajstić information content (AvgIpc) is 3.22. The summed E-state index contributed by atoms with van der Waals surface area (Å²) in [4.78, 5) is 7.43. The van der Waals surface area contributed by atoms with E-state index in [4.69, 9.17) is 9.73 Å². The number of nitrogens with zero attached hydrogens (tertiary/aromatic N) is 2. The monoisotopic (exact) mass is 309 g/mol. The molecule has 2 aliphatic rings. The van der Waals surface area contributed by atoms with Gasteiger partial charge in [0, 0.05) is 43.8 Å². The molecule has 1 saturated carbocycles. The second-order valence-corrected chi connectivity index (χ2v) is 8.15. The molecule has 2 fully saturated rings. The van der Waals surface area contributed by atoms with E-state index in [2.05, 4.69) is 51.8 Å². The lowest BCUT2D eigenvalue weighted by molar-refractivity contribution is -0.0668. The first kappa shape index (κ1) is 17.6. The van der Waals surface area contributed by atoms with Gasteiger partial charge in [-0.05, 0) is 52.4 Å². The van der Waals surface area contributed by atoms with Crippen LogP contribution in [0.1, 0.15) is 60.8 Å². The van der Waals surface area contributed by atoms with E-state index < -0.39 is 0 Å². The fourth-order valence-electron chi connectivity index (χ4n) is 3.13. The minimum atomic E-state index is 0.163. The number of likely N-dealkylation sites (tertiary alicyclic amines) is 1. The van der Waals surface area contributed by atoms with Crippen molar-refractivity contribution < 1.29 is 4.74 Å². The molecule has 1 saturated heterocycles. The van der Waals surface area contributed by atoms with Crippen LogP contribution in [0.5, 0.6) is 0 Å². The third-order valence-electron chi connectivity index (χ3n) is 5.98. The Hall–Kier alpha value is -0.770. The van der Waals surface area contributed by atoms with Crippen molar-refractivity contribution in [3.05, 3.63) is 0 Å². The first-order valence-corrected chi connectivity index (χ1v) is 8.92. The van der Waals surface area contributed by atoms with E-state index in [0.717, 1.165) is 45.2 Å². The van der Waals surface area contributed by atoms with Crippen LogP contribution in [0.25, 0.3) is 0 Å². The smallest absolute Gasteiger partial charge is 0.194 e. The largest absolute Gasteiger partial charge is 0.382 e. The SMILES string of the molecule is CCNC(=NCC1(CCOCC)CC1)N1CC(C)(C)C1(C)C. The zero-order valence-electron chi connectivity index (χ0n) is 15.5. The van der Waals surface area contributed by atoms with E-state index in [9.17, 15) is 0 Å². The van der Waals surface area contributed by atoms with Crippen LogP contribution in [-0.2, 0) is 4.74 Å². The third kappa shape index (κ3) is 3.42. The van der Waals surface area contributed by atoms with E-state index in [1.54, 1.807) is 0 Å². The minimum absolute atomic E-state index is 0.163. The number of ether oxygens (including phenoxy) is 1. The van der Waals surface area contributed by atoms with Crippen LogP contribution in [0.15, 0.2) is 4.99 Å². The molecule has 2 rings (SSSR count). The van der Waals surface area contributed by atoms with Gasteiger partial charge in [-0.3, -0.25) is 4.99 Å². The second-order valence-electron chi connectivity index (χ2n) is 8.15. The molecule has 0 radical (unpaired) electrons. The number of rotatable bonds is 7. The average molecular weight is 309 g/mol. The number of aliphatic imine (C=N–C) groups is 1. The van der Waals surface area contributed by atoms with Crippen molar-refractivity contribution in [1.29, 1.82) is 0 Å². The van der Waals surface area contributed by atoms with Crippen LogP contribution in [0, 0.1) is 10.8 Å². The Bertz CT molecular complexity index is 411. The first-order valence-electron chi connectivity index (χ1n) is 8.92. The molecule has 0 aromatic rings. The molecule has 1 aliphatic heterocycles. The van der Waals surface area contributed by atoms with Gasteiger partial charge in [-0.15, -0.1) is 0 Å². The Labute approximate surface area is 136 Å². The summed E-state index contributed by atoms with van der Waals surface area (Å²) in [6.07, 6.45) is 3.76. The zero-order chi connectivity index (χ0) is 16.4. The topological polar surface area (TPSA) is 36.9 Å². The summed E-state index contributed by atoms with van der Waals surface area (Å²) in [5.74, 6) is 1.09. The van der Waals surface area contributed by atoms with Gasteiger partial charge >= 0.3 is 0 Å². The molecule has 0 unspecified atom stereocenters. The molecule has 0 atom stereocenters. The fraction of sp³-hybridized carbons (Fsp3) is 0.944. The van der Waals surface area contributed by atoms with Gasteiger partial charge in [0.15, 0.2) is 5.96 Å². The van der Waals surface area contributed by atoms with Gasteiger partial charge in [0.2, 0.25) is 0 Å². The molecule has 0 aromatic heterocycles. The third-order valence-corrected chi connectivity index (χ3v) is 5.98. The fourth-order valence-corrected chi connectivity index (χ4v) is 3.13. The Morgan fingerprint density at radius 2 is 1.86 bits per heavy atom. The molecule has 0 aromatic carbocycles. The Balaban J connectivity index is 1.97. The summed E-state index contributed by atoms with van der Waals surface area (Å²) in [5, 5.41) is 3.49. The van der Waals surface area contributed by atoms with Crippen LogP contribution < -0.4 is 5.32 Å². The highest BCUT2D eigenvalue weighted by molar-refractivity contribution is 5.82. The van der Waals surface area contributed by atoms with Crippen LogP contribution in [-0.4, -0.2) is 49.2 Å². The Morgan fingerprint density at radius 1 is 1.18 bits per heavy atom. The summed E-state index contributed by atoms with van der Waals surface area (Å²) >= 11 is 0. The van der Waals surface area contributed by atoms with Crippen molar-refractivity contribution in [3.63, 3.8) is 0 Å². The summed E-state index contributed by atoms with van der Waals surface area (Å²) in [5.41, 5.74) is 0.922. The van der Waals surface area contributed by atoms with Crippen LogP contribution in [0.3, 0.4) is 0 Å². The number of hydrogen-bond donors (Lipinski definition) is 1. The highest BCUT2D eigenvalue weighted by atomic mass is 16.5. The number of hydrogen-bond acceptors (Lipinski definition) is 2. The lowest BCUT2D eigenvalue weighted by Gasteiger charge is -2.62. The minimum Gasteiger partial charge on any atom is -0.382 e. The maximum Gasteiger partial charge on any atom is 0.194 e. The molecule has 1 aliphatic carbocycles. The van der Waals surface area contributed by atoms with Gasteiger partial charge in [0.25, 0.3) is 0 Å². The predicted molar refractivity (Wildman–Crippen MR) is 93.3 cm³/mol. The van der Waals surface area contributed by atoms with Crippen molar-refractivity contribution in [2.24, 2.45) is 15.8 Å². The molecular formula is C18H35N3O. The molecule has 0 bridgehead atoms. The number of guanidine groups is 1. The standard InChI is InChI=1S/C18H35N3O/c1-7-19-15(21-14-16(3,4)17(21,5)6)20-13-18(9-10-18)11-12-22-8-2/h7-14H2,1-6H3,(H,19,20). The van der Waals surface area contributed by atoms with Crippen LogP contribution >= 0.6 is 0 Å². The molecule has 22 heavy (non-hydrogen) atoms. The van der Waals surface area contributed by atoms with Gasteiger partial charge in [-0.1, -0.05) is 13.8 Å². The summed E-state index contributed by atoms with van der Waals surface area (Å²) in [7, 11) is 0. The zero-order valence-corrected chi connectivity index (χ0v) is 15.5. The first-order chi connectivity index (χ1) is 10.3. The molecule has 4 nitrogen and oxygen atoms in total. The molecule has 128 valence electrons. The Kier molecular flexibility index (Phi) is 5.10. The van der Waals surface area contributed by atoms with Gasteiger partial charge in [-0.25, -0.2) is 0 Å². The van der Waals surface area contributed by atoms with Crippen molar-refractivity contribution in [2.75, 3.05) is 32.8 Å². The maximum atomic E-state index is 5.53. The van der Waals surface area contributed by atoms with E-state index in [0.29, 0.717) is 10.8 Å². The second kappa shape index (κ2) is 6.38. The van der Waals surface area contributed by atoms with Crippen molar-refractivity contribution >= 4 is 5.96 Å². The summed E-state index contributed by atoms with van der Waals surface area (Å²) < 4.78 is 5.53. The van der Waals surface area contributed by atoms with Crippen LogP contribution in [0.4, 0.5) is 0 Å². The summed E-state index contributed by atoms with van der Waals surface area (Å²) in [6.45, 7) is 18.2. The molecule has 4 heteroatoms. The van der Waals surface area contributed by atoms with Crippen LogP contribution in [0.2, 0.25) is 0 Å². The van der Waals surface area contributed by atoms with E-state index >= 15 is 0 Å². The van der Waals surface area contributed by atoms with Gasteiger partial charge < -0.3 is 15.0 Å². The predicted octanol–water partition coefficient (Wildman–Crippen LogP) is 3.28. The lowest BCUT2D eigenvalue weighted by atomic mass is 9.65. The maximum absolute atomic E-state index is 5.53. The summed E-state index contributed by atoms with van der Waals surface area (Å²) in [6, 6.07) is 0. The molecular weight excluding hydrogens is 274 g/mol. The molecule has 0 spiro atoms. The molecule has 1 heterocycles. The Morgan fingerprint density at radius 3 is 2.32 bits per heavy atom.